The first-order valence-electron chi connectivity index (χ1n) is 8.83. The van der Waals surface area contributed by atoms with Crippen molar-refractivity contribution in [1.29, 1.82) is 0 Å². The molecular formula is C18H27Cl2NOS2. The molecule has 0 amide bonds. The summed E-state index contributed by atoms with van der Waals surface area (Å²) < 4.78 is 5.92. The molecule has 0 aliphatic carbocycles. The second kappa shape index (κ2) is 11.8. The zero-order chi connectivity index (χ0) is 17.2. The van der Waals surface area contributed by atoms with E-state index < -0.39 is 0 Å². The van der Waals surface area contributed by atoms with Crippen LogP contribution in [-0.2, 0) is 0 Å². The molecule has 0 saturated carbocycles. The van der Waals surface area contributed by atoms with Crippen LogP contribution >= 0.6 is 43.3 Å². The summed E-state index contributed by atoms with van der Waals surface area (Å²) in [7, 11) is 14.1. The molecule has 1 aliphatic heterocycles. The van der Waals surface area contributed by atoms with Gasteiger partial charge in [0.1, 0.15) is 5.75 Å². The molecule has 1 aromatic carbocycles. The van der Waals surface area contributed by atoms with Crippen molar-refractivity contribution in [2.24, 2.45) is 5.92 Å². The molecule has 0 atom stereocenters. The molecule has 0 aromatic heterocycles. The van der Waals surface area contributed by atoms with E-state index in [0.717, 1.165) is 34.5 Å². The summed E-state index contributed by atoms with van der Waals surface area (Å²) >= 11 is 0. The molecule has 1 heterocycles. The number of benzene rings is 1. The van der Waals surface area contributed by atoms with E-state index in [1.165, 1.54) is 73.7 Å². The maximum atomic E-state index is 5.92. The van der Waals surface area contributed by atoms with Gasteiger partial charge in [-0.1, -0.05) is 19.8 Å². The minimum Gasteiger partial charge on any atom is -0.494 e. The highest BCUT2D eigenvalue weighted by Crippen LogP contribution is 2.37. The van der Waals surface area contributed by atoms with E-state index in [1.54, 1.807) is 0 Å². The summed E-state index contributed by atoms with van der Waals surface area (Å²) in [6.45, 7) is 6.83. The fraction of sp³-hybridized carbons (Fsp3) is 0.667. The van der Waals surface area contributed by atoms with Crippen LogP contribution in [0.2, 0.25) is 0 Å². The molecule has 1 fully saturated rings. The molecular weight excluding hydrogens is 381 g/mol. The topological polar surface area (TPSA) is 12.5 Å². The van der Waals surface area contributed by atoms with E-state index in [0.29, 0.717) is 0 Å². The second-order valence-corrected chi connectivity index (χ2v) is 8.51. The lowest BCUT2D eigenvalue weighted by Gasteiger charge is -2.31. The Labute approximate surface area is 164 Å². The molecule has 1 aromatic rings. The van der Waals surface area contributed by atoms with Crippen LogP contribution in [0.3, 0.4) is 0 Å². The smallest absolute Gasteiger partial charge is 0.120 e. The predicted molar refractivity (Wildman–Crippen MR) is 109 cm³/mol. The van der Waals surface area contributed by atoms with Crippen molar-refractivity contribution in [3.05, 3.63) is 18.2 Å². The molecule has 0 N–H and O–H groups in total. The first kappa shape index (κ1) is 20.6. The predicted octanol–water partition coefficient (Wildman–Crippen LogP) is 6.85. The number of nitrogens with zero attached hydrogens (tertiary/aromatic N) is 1. The largest absolute Gasteiger partial charge is 0.494 e. The number of likely N-dealkylation sites (tertiary alicyclic amines) is 1. The average Bonchev–Trinajstić information content (AvgIpc) is 2.63. The summed E-state index contributed by atoms with van der Waals surface area (Å²) in [6.07, 6.45) is 7.76. The first-order valence-corrected chi connectivity index (χ1v) is 12.1. The number of rotatable bonds is 10. The summed E-state index contributed by atoms with van der Waals surface area (Å²) in [5.74, 6) is 1.68. The molecule has 2 rings (SSSR count). The van der Waals surface area contributed by atoms with Gasteiger partial charge in [-0.3, -0.25) is 0 Å². The summed E-state index contributed by atoms with van der Waals surface area (Å²) in [4.78, 5) is 4.55. The average molecular weight is 408 g/mol. The number of ether oxygens (including phenoxy) is 1. The minimum absolute atomic E-state index is 0.778. The third kappa shape index (κ3) is 6.87. The fourth-order valence-corrected chi connectivity index (χ4v) is 5.00. The van der Waals surface area contributed by atoms with Crippen LogP contribution in [-0.4, -0.2) is 31.1 Å². The van der Waals surface area contributed by atoms with Crippen molar-refractivity contribution in [1.82, 2.24) is 4.90 Å². The zero-order valence-corrected chi connectivity index (χ0v) is 17.5. The highest BCUT2D eigenvalue weighted by molar-refractivity contribution is 8.23. The Morgan fingerprint density at radius 1 is 1.12 bits per heavy atom. The Kier molecular flexibility index (Phi) is 10.1. The molecule has 1 aliphatic rings. The van der Waals surface area contributed by atoms with E-state index in [1.807, 2.05) is 18.2 Å². The SMILES string of the molecule is CCCCCN1CCC(CCOc2ccc(SCl)c(SCl)c2)CC1. The van der Waals surface area contributed by atoms with Gasteiger partial charge in [-0.05, 0) is 113 Å². The Morgan fingerprint density at radius 3 is 2.54 bits per heavy atom. The van der Waals surface area contributed by atoms with Crippen molar-refractivity contribution in [2.45, 2.75) is 55.2 Å². The molecule has 24 heavy (non-hydrogen) atoms. The van der Waals surface area contributed by atoms with Gasteiger partial charge in [0.25, 0.3) is 0 Å². The summed E-state index contributed by atoms with van der Waals surface area (Å²) in [5, 5.41) is 0. The van der Waals surface area contributed by atoms with Crippen LogP contribution in [0.4, 0.5) is 0 Å². The molecule has 6 heteroatoms. The molecule has 0 radical (unpaired) electrons. The molecule has 0 bridgehead atoms. The van der Waals surface area contributed by atoms with Crippen LogP contribution in [0.1, 0.15) is 45.4 Å². The molecule has 0 spiro atoms. The van der Waals surface area contributed by atoms with Gasteiger partial charge in [0.15, 0.2) is 0 Å². The quantitative estimate of drug-likeness (QED) is 0.392. The van der Waals surface area contributed by atoms with Crippen LogP contribution in [0.15, 0.2) is 28.0 Å². The highest BCUT2D eigenvalue weighted by Gasteiger charge is 2.18. The van der Waals surface area contributed by atoms with E-state index in [4.69, 9.17) is 26.1 Å². The van der Waals surface area contributed by atoms with E-state index in [-0.39, 0.29) is 0 Å². The second-order valence-electron chi connectivity index (χ2n) is 6.39. The lowest BCUT2D eigenvalue weighted by atomic mass is 9.94. The van der Waals surface area contributed by atoms with Crippen molar-refractivity contribution in [2.75, 3.05) is 26.2 Å². The standard InChI is InChI=1S/C18H27Cl2NOS2/c1-2-3-4-10-21-11-7-15(8-12-21)9-13-22-16-5-6-17(23-19)18(14-16)24-20/h5-6,14-15H,2-4,7-13H2,1H3. The van der Waals surface area contributed by atoms with E-state index in [9.17, 15) is 0 Å². The maximum Gasteiger partial charge on any atom is 0.120 e. The van der Waals surface area contributed by atoms with Gasteiger partial charge < -0.3 is 9.64 Å². The van der Waals surface area contributed by atoms with E-state index in [2.05, 4.69) is 11.8 Å². The van der Waals surface area contributed by atoms with Gasteiger partial charge in [-0.2, -0.15) is 0 Å². The fourth-order valence-electron chi connectivity index (χ4n) is 3.13. The lowest BCUT2D eigenvalue weighted by molar-refractivity contribution is 0.161. The van der Waals surface area contributed by atoms with Gasteiger partial charge in [0.05, 0.1) is 6.61 Å². The van der Waals surface area contributed by atoms with Gasteiger partial charge in [-0.25, -0.2) is 0 Å². The Hall–Kier alpha value is 0.260. The number of unbranched alkanes of at least 4 members (excludes halogenated alkanes) is 2. The van der Waals surface area contributed by atoms with Crippen LogP contribution in [0.5, 0.6) is 5.75 Å². The van der Waals surface area contributed by atoms with E-state index >= 15 is 0 Å². The summed E-state index contributed by atoms with van der Waals surface area (Å²) in [5.41, 5.74) is 0. The van der Waals surface area contributed by atoms with Gasteiger partial charge in [0.2, 0.25) is 0 Å². The highest BCUT2D eigenvalue weighted by atomic mass is 35.7. The number of piperidine rings is 1. The monoisotopic (exact) mass is 407 g/mol. The number of hydrogen-bond donors (Lipinski definition) is 0. The maximum absolute atomic E-state index is 5.92. The third-order valence-electron chi connectivity index (χ3n) is 4.66. The third-order valence-corrected chi connectivity index (χ3v) is 6.81. The molecule has 0 unspecified atom stereocenters. The Bertz CT molecular complexity index is 482. The van der Waals surface area contributed by atoms with Crippen molar-refractivity contribution in [3.8, 4) is 5.75 Å². The van der Waals surface area contributed by atoms with Gasteiger partial charge in [-0.15, -0.1) is 0 Å². The molecule has 2 nitrogen and oxygen atoms in total. The van der Waals surface area contributed by atoms with Crippen LogP contribution < -0.4 is 4.74 Å². The van der Waals surface area contributed by atoms with Crippen molar-refractivity contribution < 1.29 is 4.74 Å². The number of hydrogen-bond acceptors (Lipinski definition) is 4. The van der Waals surface area contributed by atoms with Gasteiger partial charge >= 0.3 is 0 Å². The first-order chi connectivity index (χ1) is 11.8. The lowest BCUT2D eigenvalue weighted by Crippen LogP contribution is -2.34. The van der Waals surface area contributed by atoms with Crippen molar-refractivity contribution >= 4 is 43.3 Å². The van der Waals surface area contributed by atoms with Crippen molar-refractivity contribution in [3.63, 3.8) is 0 Å². The molecule has 1 saturated heterocycles. The van der Waals surface area contributed by atoms with Crippen LogP contribution in [0, 0.1) is 5.92 Å². The zero-order valence-electron chi connectivity index (χ0n) is 14.3. The number of halogens is 2. The van der Waals surface area contributed by atoms with Gasteiger partial charge in [0, 0.05) is 9.79 Å². The Morgan fingerprint density at radius 2 is 1.88 bits per heavy atom. The minimum atomic E-state index is 0.778. The van der Waals surface area contributed by atoms with Crippen LogP contribution in [0.25, 0.3) is 0 Å². The normalized spacial score (nSPS) is 16.5. The molecule has 136 valence electrons. The Balaban J connectivity index is 1.66. The summed E-state index contributed by atoms with van der Waals surface area (Å²) in [6, 6.07) is 5.91.